The number of hydrogen-bond acceptors (Lipinski definition) is 6. The Morgan fingerprint density at radius 3 is 3.00 bits per heavy atom. The zero-order valence-electron chi connectivity index (χ0n) is 12.0. The van der Waals surface area contributed by atoms with E-state index in [1.54, 1.807) is 5.38 Å². The first-order valence-electron chi connectivity index (χ1n) is 6.73. The molecule has 0 saturated carbocycles. The van der Waals surface area contributed by atoms with E-state index in [1.807, 2.05) is 6.92 Å². The van der Waals surface area contributed by atoms with Crippen LogP contribution >= 0.6 is 11.3 Å². The SMILES string of the molecule is COC(=O)Cc1csc(NS(=O)(=O)N2CCCCC2C)n1. The number of rotatable bonds is 5. The lowest BCUT2D eigenvalue weighted by Gasteiger charge is -2.31. The molecule has 1 unspecified atom stereocenters. The van der Waals surface area contributed by atoms with Gasteiger partial charge in [-0.2, -0.15) is 12.7 Å². The van der Waals surface area contributed by atoms with E-state index in [9.17, 15) is 13.2 Å². The van der Waals surface area contributed by atoms with Crippen molar-refractivity contribution in [2.45, 2.75) is 38.6 Å². The monoisotopic (exact) mass is 333 g/mol. The molecule has 1 N–H and O–H groups in total. The van der Waals surface area contributed by atoms with Crippen molar-refractivity contribution in [2.75, 3.05) is 18.4 Å². The lowest BCUT2D eigenvalue weighted by atomic mass is 10.1. The van der Waals surface area contributed by atoms with Gasteiger partial charge in [-0.25, -0.2) is 9.71 Å². The molecule has 0 spiro atoms. The molecule has 0 amide bonds. The fraction of sp³-hybridized carbons (Fsp3) is 0.667. The molecule has 1 saturated heterocycles. The molecule has 7 nitrogen and oxygen atoms in total. The molecule has 9 heteroatoms. The molecule has 0 radical (unpaired) electrons. The van der Waals surface area contributed by atoms with Crippen LogP contribution in [-0.2, 0) is 26.2 Å². The third-order valence-electron chi connectivity index (χ3n) is 3.37. The minimum Gasteiger partial charge on any atom is -0.469 e. The van der Waals surface area contributed by atoms with Crippen molar-refractivity contribution in [3.05, 3.63) is 11.1 Å². The van der Waals surface area contributed by atoms with Crippen molar-refractivity contribution in [1.29, 1.82) is 0 Å². The summed E-state index contributed by atoms with van der Waals surface area (Å²) in [7, 11) is -2.29. The summed E-state index contributed by atoms with van der Waals surface area (Å²) in [6, 6.07) is -0.00856. The maximum absolute atomic E-state index is 12.3. The highest BCUT2D eigenvalue weighted by molar-refractivity contribution is 7.90. The molecular formula is C12H19N3O4S2. The average molecular weight is 333 g/mol. The van der Waals surface area contributed by atoms with E-state index in [-0.39, 0.29) is 17.6 Å². The van der Waals surface area contributed by atoms with Gasteiger partial charge in [-0.3, -0.25) is 4.79 Å². The molecule has 1 aliphatic heterocycles. The van der Waals surface area contributed by atoms with Crippen LogP contribution in [0.4, 0.5) is 5.13 Å². The number of hydrogen-bond donors (Lipinski definition) is 1. The van der Waals surface area contributed by atoms with Crippen molar-refractivity contribution in [2.24, 2.45) is 0 Å². The van der Waals surface area contributed by atoms with Gasteiger partial charge in [-0.15, -0.1) is 11.3 Å². The number of nitrogens with zero attached hydrogens (tertiary/aromatic N) is 2. The summed E-state index contributed by atoms with van der Waals surface area (Å²) < 4.78 is 33.2. The number of methoxy groups -OCH3 is 1. The second kappa shape index (κ2) is 6.71. The number of esters is 1. The number of carbonyl (C=O) groups is 1. The van der Waals surface area contributed by atoms with Crippen LogP contribution in [0.25, 0.3) is 0 Å². The van der Waals surface area contributed by atoms with Gasteiger partial charge in [0.1, 0.15) is 0 Å². The van der Waals surface area contributed by atoms with Crippen LogP contribution in [0.3, 0.4) is 0 Å². The first-order chi connectivity index (χ1) is 9.92. The normalized spacial score (nSPS) is 20.2. The van der Waals surface area contributed by atoms with E-state index >= 15 is 0 Å². The number of piperidine rings is 1. The number of ether oxygens (including phenoxy) is 1. The number of anilines is 1. The lowest BCUT2D eigenvalue weighted by molar-refractivity contribution is -0.139. The molecule has 1 aliphatic rings. The average Bonchev–Trinajstić information content (AvgIpc) is 2.85. The number of carbonyl (C=O) groups excluding carboxylic acids is 1. The molecule has 1 fully saturated rings. The molecule has 21 heavy (non-hydrogen) atoms. The van der Waals surface area contributed by atoms with Gasteiger partial charge in [0.05, 0.1) is 19.2 Å². The highest BCUT2D eigenvalue weighted by Gasteiger charge is 2.30. The van der Waals surface area contributed by atoms with E-state index in [0.29, 0.717) is 12.2 Å². The third-order valence-corrected chi connectivity index (χ3v) is 5.92. The Kier molecular flexibility index (Phi) is 5.17. The maximum atomic E-state index is 12.3. The summed E-state index contributed by atoms with van der Waals surface area (Å²) in [6.07, 6.45) is 2.83. The quantitative estimate of drug-likeness (QED) is 0.823. The third kappa shape index (κ3) is 4.14. The Labute approximate surface area is 128 Å². The van der Waals surface area contributed by atoms with E-state index in [2.05, 4.69) is 14.4 Å². The van der Waals surface area contributed by atoms with E-state index in [1.165, 1.54) is 11.4 Å². The largest absolute Gasteiger partial charge is 0.469 e. The molecular weight excluding hydrogens is 314 g/mol. The minimum absolute atomic E-state index is 0.00856. The van der Waals surface area contributed by atoms with Crippen LogP contribution in [0.15, 0.2) is 5.38 Å². The fourth-order valence-corrected chi connectivity index (χ4v) is 4.65. The van der Waals surface area contributed by atoms with Crippen LogP contribution < -0.4 is 4.72 Å². The fourth-order valence-electron chi connectivity index (χ4n) is 2.25. The Balaban J connectivity index is 2.04. The van der Waals surface area contributed by atoms with Gasteiger partial charge in [0.25, 0.3) is 0 Å². The van der Waals surface area contributed by atoms with E-state index < -0.39 is 16.2 Å². The number of nitrogens with one attached hydrogen (secondary N) is 1. The Hall–Kier alpha value is -1.19. The van der Waals surface area contributed by atoms with Gasteiger partial charge in [0.15, 0.2) is 5.13 Å². The predicted molar refractivity (Wildman–Crippen MR) is 80.4 cm³/mol. The van der Waals surface area contributed by atoms with Crippen molar-refractivity contribution in [3.8, 4) is 0 Å². The molecule has 2 heterocycles. The van der Waals surface area contributed by atoms with E-state index in [4.69, 9.17) is 0 Å². The highest BCUT2D eigenvalue weighted by atomic mass is 32.2. The molecule has 0 aliphatic carbocycles. The van der Waals surface area contributed by atoms with Crippen molar-refractivity contribution in [3.63, 3.8) is 0 Å². The van der Waals surface area contributed by atoms with Gasteiger partial charge in [-0.1, -0.05) is 6.42 Å². The van der Waals surface area contributed by atoms with Crippen LogP contribution in [0, 0.1) is 0 Å². The number of aromatic nitrogens is 1. The first-order valence-corrected chi connectivity index (χ1v) is 9.05. The molecule has 1 aromatic rings. The Bertz CT molecular complexity index is 599. The zero-order valence-corrected chi connectivity index (χ0v) is 13.7. The maximum Gasteiger partial charge on any atom is 0.311 e. The zero-order chi connectivity index (χ0) is 15.5. The number of thiazole rings is 1. The molecule has 1 atom stereocenters. The van der Waals surface area contributed by atoms with Crippen LogP contribution in [0.5, 0.6) is 0 Å². The van der Waals surface area contributed by atoms with Gasteiger partial charge in [0.2, 0.25) is 0 Å². The van der Waals surface area contributed by atoms with Gasteiger partial charge >= 0.3 is 16.2 Å². The van der Waals surface area contributed by atoms with Crippen molar-refractivity contribution in [1.82, 2.24) is 9.29 Å². The summed E-state index contributed by atoms with van der Waals surface area (Å²) in [5.41, 5.74) is 0.497. The summed E-state index contributed by atoms with van der Waals surface area (Å²) in [5, 5.41) is 1.92. The van der Waals surface area contributed by atoms with Crippen molar-refractivity contribution >= 4 is 32.6 Å². The standard InChI is InChI=1S/C12H19N3O4S2/c1-9-5-3-4-6-15(9)21(17,18)14-12-13-10(8-20-12)7-11(16)19-2/h8-9H,3-7H2,1-2H3,(H,13,14). The van der Waals surface area contributed by atoms with Crippen LogP contribution in [0.1, 0.15) is 31.9 Å². The molecule has 1 aromatic heterocycles. The molecule has 0 aromatic carbocycles. The highest BCUT2D eigenvalue weighted by Crippen LogP contribution is 2.23. The predicted octanol–water partition coefficient (Wildman–Crippen LogP) is 1.39. The van der Waals surface area contributed by atoms with E-state index in [0.717, 1.165) is 30.6 Å². The second-order valence-corrected chi connectivity index (χ2v) is 7.44. The summed E-state index contributed by atoms with van der Waals surface area (Å²) in [4.78, 5) is 15.3. The lowest BCUT2D eigenvalue weighted by Crippen LogP contribution is -2.44. The molecule has 118 valence electrons. The summed E-state index contributed by atoms with van der Waals surface area (Å²) in [6.45, 7) is 2.43. The first kappa shape index (κ1) is 16.2. The van der Waals surface area contributed by atoms with Crippen molar-refractivity contribution < 1.29 is 17.9 Å². The van der Waals surface area contributed by atoms with Gasteiger partial charge in [0, 0.05) is 18.0 Å². The Morgan fingerprint density at radius 2 is 2.33 bits per heavy atom. The minimum atomic E-state index is -3.59. The Morgan fingerprint density at radius 1 is 1.57 bits per heavy atom. The van der Waals surface area contributed by atoms with Gasteiger partial charge in [-0.05, 0) is 19.8 Å². The topological polar surface area (TPSA) is 88.6 Å². The molecule has 0 bridgehead atoms. The van der Waals surface area contributed by atoms with Crippen LogP contribution in [-0.4, -0.2) is 43.4 Å². The van der Waals surface area contributed by atoms with Gasteiger partial charge < -0.3 is 4.74 Å². The van der Waals surface area contributed by atoms with Crippen LogP contribution in [0.2, 0.25) is 0 Å². The summed E-state index contributed by atoms with van der Waals surface area (Å²) in [5.74, 6) is -0.403. The summed E-state index contributed by atoms with van der Waals surface area (Å²) >= 11 is 1.16. The second-order valence-electron chi connectivity index (χ2n) is 4.96. The molecule has 2 rings (SSSR count). The smallest absolute Gasteiger partial charge is 0.311 e.